The lowest BCUT2D eigenvalue weighted by Gasteiger charge is -2.08. The Kier molecular flexibility index (Phi) is 5.12. The van der Waals surface area contributed by atoms with Gasteiger partial charge in [-0.15, -0.1) is 11.3 Å². The van der Waals surface area contributed by atoms with Crippen molar-refractivity contribution in [2.45, 2.75) is 13.0 Å². The lowest BCUT2D eigenvalue weighted by molar-refractivity contribution is -0.124. The second-order valence-electron chi connectivity index (χ2n) is 4.00. The van der Waals surface area contributed by atoms with E-state index < -0.39 is 0 Å². The highest BCUT2D eigenvalue weighted by atomic mass is 32.2. The fraction of sp³-hybridized carbons (Fsp3) is 0.462. The van der Waals surface area contributed by atoms with E-state index in [9.17, 15) is 4.79 Å². The molecular weight excluding hydrogens is 266 g/mol. The van der Waals surface area contributed by atoms with Gasteiger partial charge in [-0.25, -0.2) is 0 Å². The predicted molar refractivity (Wildman–Crippen MR) is 75.6 cm³/mol. The zero-order valence-corrected chi connectivity index (χ0v) is 11.6. The molecule has 18 heavy (non-hydrogen) atoms. The van der Waals surface area contributed by atoms with Gasteiger partial charge >= 0.3 is 0 Å². The number of hydrogen-bond acceptors (Lipinski definition) is 4. The van der Waals surface area contributed by atoms with Gasteiger partial charge in [0.2, 0.25) is 5.91 Å². The number of rotatable bonds is 3. The van der Waals surface area contributed by atoms with Crippen molar-refractivity contribution in [3.63, 3.8) is 0 Å². The summed E-state index contributed by atoms with van der Waals surface area (Å²) < 4.78 is 0. The van der Waals surface area contributed by atoms with Gasteiger partial charge in [0.15, 0.2) is 0 Å². The largest absolute Gasteiger partial charge is 0.384 e. The van der Waals surface area contributed by atoms with Crippen LogP contribution in [0.25, 0.3) is 0 Å². The summed E-state index contributed by atoms with van der Waals surface area (Å²) in [4.78, 5) is 13.8. The Hall–Kier alpha value is -0.960. The minimum absolute atomic E-state index is 0.122. The minimum Gasteiger partial charge on any atom is -0.384 e. The number of carbonyl (C=O) groups is 1. The molecule has 2 N–H and O–H groups in total. The van der Waals surface area contributed by atoms with Crippen LogP contribution in [-0.2, 0) is 11.3 Å². The van der Waals surface area contributed by atoms with E-state index in [1.165, 1.54) is 0 Å². The second kappa shape index (κ2) is 6.83. The number of aliphatic hydroxyl groups excluding tert-OH is 1. The molecule has 0 bridgehead atoms. The van der Waals surface area contributed by atoms with Gasteiger partial charge in [0, 0.05) is 16.5 Å². The number of carbonyl (C=O) groups excluding carboxylic acids is 1. The Morgan fingerprint density at radius 2 is 2.44 bits per heavy atom. The molecule has 1 unspecified atom stereocenters. The number of nitrogens with one attached hydrogen (secondary N) is 1. The SMILES string of the molecule is O=C(NCc1ccc(C#CCO)s1)C1CCSC1. The highest BCUT2D eigenvalue weighted by molar-refractivity contribution is 7.99. The minimum atomic E-state index is -0.122. The van der Waals surface area contributed by atoms with Gasteiger partial charge in [0.05, 0.1) is 11.4 Å². The van der Waals surface area contributed by atoms with Crippen molar-refractivity contribution in [3.05, 3.63) is 21.9 Å². The highest BCUT2D eigenvalue weighted by Gasteiger charge is 2.22. The zero-order chi connectivity index (χ0) is 12.8. The molecule has 1 aromatic heterocycles. The van der Waals surface area contributed by atoms with Crippen molar-refractivity contribution < 1.29 is 9.90 Å². The monoisotopic (exact) mass is 281 g/mol. The summed E-state index contributed by atoms with van der Waals surface area (Å²) in [6.45, 7) is 0.453. The summed E-state index contributed by atoms with van der Waals surface area (Å²) in [5.74, 6) is 7.86. The highest BCUT2D eigenvalue weighted by Crippen LogP contribution is 2.23. The Labute approximate surface area is 115 Å². The molecule has 1 atom stereocenters. The Morgan fingerprint density at radius 3 is 3.17 bits per heavy atom. The van der Waals surface area contributed by atoms with E-state index in [0.717, 1.165) is 27.7 Å². The van der Waals surface area contributed by atoms with E-state index in [-0.39, 0.29) is 18.4 Å². The molecule has 2 heterocycles. The standard InChI is InChI=1S/C13H15NO2S2/c15-6-1-2-11-3-4-12(18-11)8-14-13(16)10-5-7-17-9-10/h3-4,10,15H,5-9H2,(H,14,16). The van der Waals surface area contributed by atoms with Crippen molar-refractivity contribution in [1.29, 1.82) is 0 Å². The molecular formula is C13H15NO2S2. The first kappa shape index (κ1) is 13.5. The van der Waals surface area contributed by atoms with E-state index in [1.54, 1.807) is 11.3 Å². The van der Waals surface area contributed by atoms with Crippen LogP contribution in [0.1, 0.15) is 16.2 Å². The third-order valence-electron chi connectivity index (χ3n) is 2.69. The molecule has 1 aromatic rings. The molecule has 0 radical (unpaired) electrons. The molecule has 1 aliphatic heterocycles. The van der Waals surface area contributed by atoms with E-state index in [1.807, 2.05) is 23.9 Å². The van der Waals surface area contributed by atoms with Gasteiger partial charge in [-0.1, -0.05) is 11.8 Å². The lowest BCUT2D eigenvalue weighted by Crippen LogP contribution is -2.29. The molecule has 1 aliphatic rings. The first-order valence-electron chi connectivity index (χ1n) is 5.83. The molecule has 3 nitrogen and oxygen atoms in total. The molecule has 0 saturated carbocycles. The Morgan fingerprint density at radius 1 is 1.56 bits per heavy atom. The van der Waals surface area contributed by atoms with Crippen LogP contribution >= 0.6 is 23.1 Å². The predicted octanol–water partition coefficient (Wildman–Crippen LogP) is 1.46. The van der Waals surface area contributed by atoms with Crippen LogP contribution in [0.5, 0.6) is 0 Å². The van der Waals surface area contributed by atoms with E-state index in [4.69, 9.17) is 5.11 Å². The van der Waals surface area contributed by atoms with Crippen LogP contribution in [0.2, 0.25) is 0 Å². The number of thiophene rings is 1. The van der Waals surface area contributed by atoms with Crippen LogP contribution in [-0.4, -0.2) is 29.1 Å². The van der Waals surface area contributed by atoms with Gasteiger partial charge in [-0.3, -0.25) is 4.79 Å². The van der Waals surface area contributed by atoms with Crippen LogP contribution in [0.15, 0.2) is 12.1 Å². The summed E-state index contributed by atoms with van der Waals surface area (Å²) in [6.07, 6.45) is 0.994. The van der Waals surface area contributed by atoms with Crippen LogP contribution < -0.4 is 5.32 Å². The average Bonchev–Trinajstić information content (AvgIpc) is 3.04. The van der Waals surface area contributed by atoms with Gasteiger partial charge < -0.3 is 10.4 Å². The first-order valence-corrected chi connectivity index (χ1v) is 7.80. The van der Waals surface area contributed by atoms with Crippen molar-refractivity contribution in [2.24, 2.45) is 5.92 Å². The quantitative estimate of drug-likeness (QED) is 0.825. The van der Waals surface area contributed by atoms with Crippen LogP contribution in [0.3, 0.4) is 0 Å². The molecule has 96 valence electrons. The maximum atomic E-state index is 11.8. The Balaban J connectivity index is 1.82. The van der Waals surface area contributed by atoms with E-state index in [2.05, 4.69) is 17.2 Å². The van der Waals surface area contributed by atoms with Crippen molar-refractivity contribution in [3.8, 4) is 11.8 Å². The molecule has 1 fully saturated rings. The van der Waals surface area contributed by atoms with Gasteiger partial charge in [0.1, 0.15) is 6.61 Å². The van der Waals surface area contributed by atoms with Gasteiger partial charge in [-0.2, -0.15) is 11.8 Å². The summed E-state index contributed by atoms with van der Waals surface area (Å²) >= 11 is 3.40. The second-order valence-corrected chi connectivity index (χ2v) is 6.32. The first-order chi connectivity index (χ1) is 8.79. The van der Waals surface area contributed by atoms with E-state index >= 15 is 0 Å². The average molecular weight is 281 g/mol. The number of thioether (sulfide) groups is 1. The maximum Gasteiger partial charge on any atom is 0.224 e. The summed E-state index contributed by atoms with van der Waals surface area (Å²) in [5.41, 5.74) is 0. The molecule has 1 saturated heterocycles. The zero-order valence-electron chi connectivity index (χ0n) is 9.94. The smallest absolute Gasteiger partial charge is 0.224 e. The molecule has 1 amide bonds. The number of hydrogen-bond donors (Lipinski definition) is 2. The normalized spacial score (nSPS) is 18.2. The van der Waals surface area contributed by atoms with Gasteiger partial charge in [0.25, 0.3) is 0 Å². The number of aliphatic hydroxyl groups is 1. The Bertz CT molecular complexity index is 467. The maximum absolute atomic E-state index is 11.8. The topological polar surface area (TPSA) is 49.3 Å². The van der Waals surface area contributed by atoms with Crippen molar-refractivity contribution in [2.75, 3.05) is 18.1 Å². The third-order valence-corrected chi connectivity index (χ3v) is 4.85. The van der Waals surface area contributed by atoms with Crippen molar-refractivity contribution >= 4 is 29.0 Å². The lowest BCUT2D eigenvalue weighted by atomic mass is 10.1. The van der Waals surface area contributed by atoms with Crippen LogP contribution in [0, 0.1) is 17.8 Å². The molecule has 2 rings (SSSR count). The summed E-state index contributed by atoms with van der Waals surface area (Å²) in [6, 6.07) is 3.88. The van der Waals surface area contributed by atoms with Crippen molar-refractivity contribution in [1.82, 2.24) is 5.32 Å². The molecule has 5 heteroatoms. The molecule has 0 aromatic carbocycles. The number of amides is 1. The fourth-order valence-corrected chi connectivity index (χ4v) is 3.77. The van der Waals surface area contributed by atoms with E-state index in [0.29, 0.717) is 6.54 Å². The molecule has 0 aliphatic carbocycles. The third kappa shape index (κ3) is 3.77. The molecule has 0 spiro atoms. The summed E-state index contributed by atoms with van der Waals surface area (Å²) in [7, 11) is 0. The van der Waals surface area contributed by atoms with Crippen LogP contribution in [0.4, 0.5) is 0 Å². The summed E-state index contributed by atoms with van der Waals surface area (Å²) in [5, 5.41) is 11.6. The van der Waals surface area contributed by atoms with Gasteiger partial charge in [-0.05, 0) is 24.3 Å². The fourth-order valence-electron chi connectivity index (χ4n) is 1.73.